The van der Waals surface area contributed by atoms with Crippen LogP contribution in [0.5, 0.6) is 0 Å². The summed E-state index contributed by atoms with van der Waals surface area (Å²) in [7, 11) is 0. The van der Waals surface area contributed by atoms with Gasteiger partial charge in [-0.05, 0) is 43.9 Å². The van der Waals surface area contributed by atoms with Gasteiger partial charge in [-0.25, -0.2) is 0 Å². The molecule has 0 aromatic rings. The molecule has 2 saturated heterocycles. The summed E-state index contributed by atoms with van der Waals surface area (Å²) in [6, 6.07) is 0. The summed E-state index contributed by atoms with van der Waals surface area (Å²) in [6.45, 7) is 10.3. The van der Waals surface area contributed by atoms with E-state index in [1.807, 2.05) is 0 Å². The van der Waals surface area contributed by atoms with E-state index in [4.69, 9.17) is 9.47 Å². The Morgan fingerprint density at radius 1 is 1.11 bits per heavy atom. The Morgan fingerprint density at radius 3 is 2.21 bits per heavy atom. The quantitative estimate of drug-likeness (QED) is 0.763. The zero-order valence-electron chi connectivity index (χ0n) is 13.1. The monoisotopic (exact) mass is 266 g/mol. The number of ether oxygens (including phenoxy) is 2. The van der Waals surface area contributed by atoms with Gasteiger partial charge in [-0.3, -0.25) is 0 Å². The van der Waals surface area contributed by atoms with Gasteiger partial charge in [0.2, 0.25) is 0 Å². The molecule has 0 aromatic heterocycles. The van der Waals surface area contributed by atoms with E-state index in [-0.39, 0.29) is 5.41 Å². The molecule has 3 unspecified atom stereocenters. The molecule has 3 fully saturated rings. The summed E-state index contributed by atoms with van der Waals surface area (Å²) >= 11 is 0. The van der Waals surface area contributed by atoms with Crippen LogP contribution in [0, 0.1) is 17.3 Å². The van der Waals surface area contributed by atoms with Crippen LogP contribution < -0.4 is 0 Å². The van der Waals surface area contributed by atoms with Crippen LogP contribution in [-0.2, 0) is 9.47 Å². The van der Waals surface area contributed by atoms with Crippen LogP contribution in [0.4, 0.5) is 0 Å². The predicted octanol–water partition coefficient (Wildman–Crippen LogP) is 4.18. The minimum atomic E-state index is 0.183. The second-order valence-corrected chi connectivity index (χ2v) is 8.07. The van der Waals surface area contributed by atoms with Gasteiger partial charge in [-0.1, -0.05) is 27.7 Å². The topological polar surface area (TPSA) is 18.5 Å². The second-order valence-electron chi connectivity index (χ2n) is 8.07. The lowest BCUT2D eigenvalue weighted by Gasteiger charge is -2.59. The molecule has 0 radical (unpaired) electrons. The van der Waals surface area contributed by atoms with Gasteiger partial charge >= 0.3 is 0 Å². The molecular weight excluding hydrogens is 236 g/mol. The van der Waals surface area contributed by atoms with Gasteiger partial charge in [-0.15, -0.1) is 0 Å². The van der Waals surface area contributed by atoms with Gasteiger partial charge in [0.05, 0.1) is 24.4 Å². The minimum Gasteiger partial charge on any atom is -0.377 e. The summed E-state index contributed by atoms with van der Waals surface area (Å²) in [4.78, 5) is 0. The minimum absolute atomic E-state index is 0.183. The molecular formula is C17H30O2. The van der Waals surface area contributed by atoms with Crippen molar-refractivity contribution in [2.24, 2.45) is 17.3 Å². The standard InChI is InChI=1S/C17H30O2/c1-12(2)13-6-7-14(18-11-13)16(3,4)15-10-17(19-15)8-5-9-17/h12-15H,5-11H2,1-4H3. The molecule has 1 aliphatic carbocycles. The third kappa shape index (κ3) is 2.35. The maximum absolute atomic E-state index is 6.27. The Balaban J connectivity index is 1.54. The molecule has 110 valence electrons. The zero-order chi connectivity index (χ0) is 13.7. The van der Waals surface area contributed by atoms with Crippen LogP contribution in [0.1, 0.15) is 66.2 Å². The van der Waals surface area contributed by atoms with Crippen LogP contribution >= 0.6 is 0 Å². The molecule has 19 heavy (non-hydrogen) atoms. The van der Waals surface area contributed by atoms with E-state index in [0.29, 0.717) is 17.8 Å². The highest BCUT2D eigenvalue weighted by molar-refractivity contribution is 5.05. The summed E-state index contributed by atoms with van der Waals surface area (Å²) in [5, 5.41) is 0. The first-order valence-corrected chi connectivity index (χ1v) is 8.22. The Morgan fingerprint density at radius 2 is 1.79 bits per heavy atom. The van der Waals surface area contributed by atoms with Crippen LogP contribution in [0.15, 0.2) is 0 Å². The van der Waals surface area contributed by atoms with Crippen LogP contribution in [0.3, 0.4) is 0 Å². The highest BCUT2D eigenvalue weighted by Crippen LogP contribution is 2.54. The molecule has 2 nitrogen and oxygen atoms in total. The summed E-state index contributed by atoms with van der Waals surface area (Å²) < 4.78 is 12.5. The number of hydrogen-bond acceptors (Lipinski definition) is 2. The lowest BCUT2D eigenvalue weighted by molar-refractivity contribution is -0.291. The van der Waals surface area contributed by atoms with Gasteiger partial charge in [0.25, 0.3) is 0 Å². The molecule has 3 atom stereocenters. The fourth-order valence-corrected chi connectivity index (χ4v) is 4.03. The van der Waals surface area contributed by atoms with Crippen molar-refractivity contribution in [1.29, 1.82) is 0 Å². The molecule has 1 spiro atoms. The van der Waals surface area contributed by atoms with Gasteiger partial charge in [0, 0.05) is 11.8 Å². The van der Waals surface area contributed by atoms with Crippen molar-refractivity contribution in [3.63, 3.8) is 0 Å². The van der Waals surface area contributed by atoms with E-state index in [0.717, 1.165) is 18.4 Å². The molecule has 3 aliphatic rings. The van der Waals surface area contributed by atoms with Crippen molar-refractivity contribution in [2.75, 3.05) is 6.61 Å². The fraction of sp³-hybridized carbons (Fsp3) is 1.00. The Labute approximate surface area is 118 Å². The molecule has 1 saturated carbocycles. The van der Waals surface area contributed by atoms with Crippen molar-refractivity contribution < 1.29 is 9.47 Å². The SMILES string of the molecule is CC(C)C1CCC(C(C)(C)C2CC3(CCC3)O2)OC1. The van der Waals surface area contributed by atoms with Crippen molar-refractivity contribution >= 4 is 0 Å². The second kappa shape index (κ2) is 4.73. The molecule has 2 heteroatoms. The highest BCUT2D eigenvalue weighted by Gasteiger charge is 2.56. The summed E-state index contributed by atoms with van der Waals surface area (Å²) in [5.74, 6) is 1.51. The Kier molecular flexibility index (Phi) is 3.46. The molecule has 0 aromatic carbocycles. The van der Waals surface area contributed by atoms with Gasteiger partial charge in [0.1, 0.15) is 0 Å². The largest absolute Gasteiger partial charge is 0.377 e. The first-order valence-electron chi connectivity index (χ1n) is 8.22. The molecule has 2 heterocycles. The third-order valence-corrected chi connectivity index (χ3v) is 6.13. The smallest absolute Gasteiger partial charge is 0.0711 e. The fourth-order valence-electron chi connectivity index (χ4n) is 4.03. The third-order valence-electron chi connectivity index (χ3n) is 6.13. The molecule has 3 rings (SSSR count). The highest BCUT2D eigenvalue weighted by atomic mass is 16.5. The molecule has 2 aliphatic heterocycles. The first-order chi connectivity index (χ1) is 8.93. The van der Waals surface area contributed by atoms with Crippen LogP contribution in [-0.4, -0.2) is 24.4 Å². The predicted molar refractivity (Wildman–Crippen MR) is 77.2 cm³/mol. The van der Waals surface area contributed by atoms with Crippen molar-refractivity contribution in [3.8, 4) is 0 Å². The average Bonchev–Trinajstić information content (AvgIpc) is 2.25. The lowest BCUT2D eigenvalue weighted by atomic mass is 9.64. The Bertz CT molecular complexity index is 314. The molecule has 0 bridgehead atoms. The number of rotatable bonds is 3. The first kappa shape index (κ1) is 13.9. The summed E-state index contributed by atoms with van der Waals surface area (Å²) in [6.07, 6.45) is 8.57. The van der Waals surface area contributed by atoms with E-state index in [9.17, 15) is 0 Å². The van der Waals surface area contributed by atoms with E-state index >= 15 is 0 Å². The van der Waals surface area contributed by atoms with Crippen LogP contribution in [0.2, 0.25) is 0 Å². The average molecular weight is 266 g/mol. The maximum atomic E-state index is 6.27. The molecule has 0 N–H and O–H groups in total. The maximum Gasteiger partial charge on any atom is 0.0711 e. The summed E-state index contributed by atoms with van der Waals surface area (Å²) in [5.41, 5.74) is 0.486. The van der Waals surface area contributed by atoms with Gasteiger partial charge in [0.15, 0.2) is 0 Å². The van der Waals surface area contributed by atoms with Gasteiger partial charge in [-0.2, -0.15) is 0 Å². The Hall–Kier alpha value is -0.0800. The number of hydrogen-bond donors (Lipinski definition) is 0. The van der Waals surface area contributed by atoms with Crippen LogP contribution in [0.25, 0.3) is 0 Å². The van der Waals surface area contributed by atoms with E-state index < -0.39 is 0 Å². The van der Waals surface area contributed by atoms with Crippen molar-refractivity contribution in [1.82, 2.24) is 0 Å². The van der Waals surface area contributed by atoms with E-state index in [2.05, 4.69) is 27.7 Å². The zero-order valence-corrected chi connectivity index (χ0v) is 13.1. The normalized spacial score (nSPS) is 38.1. The van der Waals surface area contributed by atoms with Gasteiger partial charge < -0.3 is 9.47 Å². The van der Waals surface area contributed by atoms with Crippen molar-refractivity contribution in [3.05, 3.63) is 0 Å². The van der Waals surface area contributed by atoms with Crippen molar-refractivity contribution in [2.45, 2.75) is 84.0 Å². The van der Waals surface area contributed by atoms with E-state index in [1.165, 1.54) is 38.5 Å². The lowest BCUT2D eigenvalue weighted by Crippen LogP contribution is -2.62. The molecule has 0 amide bonds. The van der Waals surface area contributed by atoms with E-state index in [1.54, 1.807) is 0 Å².